The fourth-order valence-electron chi connectivity index (χ4n) is 3.65. The van der Waals surface area contributed by atoms with Crippen molar-refractivity contribution < 1.29 is 4.39 Å². The maximum absolute atomic E-state index is 14.1. The van der Waals surface area contributed by atoms with E-state index in [0.29, 0.717) is 29.7 Å². The summed E-state index contributed by atoms with van der Waals surface area (Å²) in [5.41, 5.74) is 1.97. The van der Waals surface area contributed by atoms with Crippen LogP contribution in [0.1, 0.15) is 44.6 Å². The number of para-hydroxylation sites is 1. The lowest BCUT2D eigenvalue weighted by Gasteiger charge is -2.17. The van der Waals surface area contributed by atoms with Crippen molar-refractivity contribution in [2.45, 2.75) is 50.6 Å². The molecule has 2 N–H and O–H groups in total. The van der Waals surface area contributed by atoms with Gasteiger partial charge in [-0.3, -0.25) is 4.57 Å². The minimum absolute atomic E-state index is 0.292. The van der Waals surface area contributed by atoms with Crippen molar-refractivity contribution in [1.82, 2.24) is 19.5 Å². The Morgan fingerprint density at radius 1 is 1.04 bits per heavy atom. The number of nitrogens with one attached hydrogen (secondary N) is 2. The van der Waals surface area contributed by atoms with Crippen LogP contribution in [0.5, 0.6) is 0 Å². The van der Waals surface area contributed by atoms with E-state index in [-0.39, 0.29) is 5.82 Å². The molecule has 0 amide bonds. The molecule has 0 radical (unpaired) electrons. The third-order valence-electron chi connectivity index (χ3n) is 5.15. The number of fused-ring (bicyclic) bond motifs is 1. The van der Waals surface area contributed by atoms with Crippen LogP contribution in [0.15, 0.2) is 30.5 Å². The van der Waals surface area contributed by atoms with Crippen molar-refractivity contribution >= 4 is 28.7 Å². The monoisotopic (exact) mass is 352 g/mol. The second-order valence-corrected chi connectivity index (χ2v) is 7.17. The summed E-state index contributed by atoms with van der Waals surface area (Å²) in [6, 6.07) is 7.49. The topological polar surface area (TPSA) is 67.7 Å². The van der Waals surface area contributed by atoms with Gasteiger partial charge in [0.2, 0.25) is 11.9 Å². The maximum atomic E-state index is 14.1. The molecule has 5 rings (SSSR count). The van der Waals surface area contributed by atoms with Crippen LogP contribution >= 0.6 is 0 Å². The number of benzene rings is 1. The molecule has 0 atom stereocenters. The highest BCUT2D eigenvalue weighted by atomic mass is 19.1. The van der Waals surface area contributed by atoms with Crippen molar-refractivity contribution in [2.75, 3.05) is 10.6 Å². The van der Waals surface area contributed by atoms with E-state index in [1.807, 2.05) is 6.07 Å². The summed E-state index contributed by atoms with van der Waals surface area (Å²) in [5.74, 6) is 0.992. The summed E-state index contributed by atoms with van der Waals surface area (Å²) in [6.07, 6.45) is 8.67. The highest BCUT2D eigenvalue weighted by Gasteiger charge is 2.26. The van der Waals surface area contributed by atoms with Gasteiger partial charge in [0.1, 0.15) is 11.3 Å². The van der Waals surface area contributed by atoms with Gasteiger partial charge in [-0.15, -0.1) is 0 Å². The van der Waals surface area contributed by atoms with Crippen molar-refractivity contribution in [3.63, 3.8) is 0 Å². The number of hydrogen-bond donors (Lipinski definition) is 2. The van der Waals surface area contributed by atoms with Gasteiger partial charge < -0.3 is 10.6 Å². The van der Waals surface area contributed by atoms with Gasteiger partial charge >= 0.3 is 0 Å². The molecule has 2 saturated carbocycles. The van der Waals surface area contributed by atoms with Crippen LogP contribution in [0.4, 0.5) is 22.0 Å². The Kier molecular flexibility index (Phi) is 3.72. The number of rotatable bonds is 5. The van der Waals surface area contributed by atoms with Crippen molar-refractivity contribution in [3.8, 4) is 0 Å². The lowest BCUT2D eigenvalue weighted by Crippen LogP contribution is -2.11. The van der Waals surface area contributed by atoms with E-state index in [1.54, 1.807) is 18.3 Å². The van der Waals surface area contributed by atoms with Gasteiger partial charge in [-0.25, -0.2) is 14.4 Å². The van der Waals surface area contributed by atoms with Gasteiger partial charge in [-0.1, -0.05) is 25.0 Å². The molecule has 0 bridgehead atoms. The maximum Gasteiger partial charge on any atom is 0.224 e. The van der Waals surface area contributed by atoms with E-state index in [0.717, 1.165) is 24.0 Å². The van der Waals surface area contributed by atoms with Crippen LogP contribution in [-0.2, 0) is 0 Å². The second-order valence-electron chi connectivity index (χ2n) is 7.17. The SMILES string of the molecule is Fc1ccccc1Nc1nc2cnc(NC3CC3)nc2n1C1CCCC1. The summed E-state index contributed by atoms with van der Waals surface area (Å²) in [6.45, 7) is 0. The Morgan fingerprint density at radius 2 is 1.85 bits per heavy atom. The minimum Gasteiger partial charge on any atom is -0.351 e. The predicted octanol–water partition coefficient (Wildman–Crippen LogP) is 4.40. The number of aromatic nitrogens is 4. The second kappa shape index (κ2) is 6.23. The normalized spacial score (nSPS) is 17.7. The molecule has 2 heterocycles. The first-order valence-corrected chi connectivity index (χ1v) is 9.31. The average Bonchev–Trinajstić information content (AvgIpc) is 3.16. The van der Waals surface area contributed by atoms with Gasteiger partial charge in [0, 0.05) is 12.1 Å². The van der Waals surface area contributed by atoms with Crippen molar-refractivity contribution in [3.05, 3.63) is 36.3 Å². The van der Waals surface area contributed by atoms with E-state index in [2.05, 4.69) is 25.2 Å². The van der Waals surface area contributed by atoms with Crippen LogP contribution in [-0.4, -0.2) is 25.6 Å². The summed E-state index contributed by atoms with van der Waals surface area (Å²) < 4.78 is 16.3. The third kappa shape index (κ3) is 2.87. The first-order chi connectivity index (χ1) is 12.8. The molecular weight excluding hydrogens is 331 g/mol. The number of halogens is 1. The number of nitrogens with zero attached hydrogens (tertiary/aromatic N) is 4. The molecule has 134 valence electrons. The lowest BCUT2D eigenvalue weighted by atomic mass is 10.2. The zero-order chi connectivity index (χ0) is 17.5. The zero-order valence-electron chi connectivity index (χ0n) is 14.5. The van der Waals surface area contributed by atoms with Gasteiger partial charge in [-0.2, -0.15) is 4.98 Å². The first kappa shape index (κ1) is 15.5. The fourth-order valence-corrected chi connectivity index (χ4v) is 3.65. The number of imidazole rings is 1. The van der Waals surface area contributed by atoms with Crippen LogP contribution in [0.25, 0.3) is 11.2 Å². The van der Waals surface area contributed by atoms with E-state index in [4.69, 9.17) is 4.98 Å². The van der Waals surface area contributed by atoms with Gasteiger partial charge in [-0.05, 0) is 37.8 Å². The molecule has 2 aliphatic carbocycles. The smallest absolute Gasteiger partial charge is 0.224 e. The zero-order valence-corrected chi connectivity index (χ0v) is 14.5. The van der Waals surface area contributed by atoms with E-state index in [9.17, 15) is 4.39 Å². The van der Waals surface area contributed by atoms with Gasteiger partial charge in [0.05, 0.1) is 11.9 Å². The molecule has 0 spiro atoms. The predicted molar refractivity (Wildman–Crippen MR) is 99.2 cm³/mol. The lowest BCUT2D eigenvalue weighted by molar-refractivity contribution is 0.535. The number of hydrogen-bond acceptors (Lipinski definition) is 5. The summed E-state index contributed by atoms with van der Waals surface area (Å²) in [5, 5.41) is 6.52. The van der Waals surface area contributed by atoms with Gasteiger partial charge in [0.15, 0.2) is 5.65 Å². The minimum atomic E-state index is -0.292. The summed E-state index contributed by atoms with van der Waals surface area (Å²) in [4.78, 5) is 13.8. The first-order valence-electron chi connectivity index (χ1n) is 9.31. The van der Waals surface area contributed by atoms with Crippen LogP contribution in [0.3, 0.4) is 0 Å². The Hall–Kier alpha value is -2.70. The quantitative estimate of drug-likeness (QED) is 0.712. The molecule has 2 aliphatic rings. The largest absolute Gasteiger partial charge is 0.351 e. The van der Waals surface area contributed by atoms with Crippen LogP contribution in [0.2, 0.25) is 0 Å². The van der Waals surface area contributed by atoms with E-state index < -0.39 is 0 Å². The molecule has 2 fully saturated rings. The average molecular weight is 352 g/mol. The van der Waals surface area contributed by atoms with Gasteiger partial charge in [0.25, 0.3) is 0 Å². The molecule has 0 unspecified atom stereocenters. The molecule has 26 heavy (non-hydrogen) atoms. The summed E-state index contributed by atoms with van der Waals surface area (Å²) >= 11 is 0. The molecule has 7 heteroatoms. The molecule has 6 nitrogen and oxygen atoms in total. The Morgan fingerprint density at radius 3 is 2.62 bits per heavy atom. The molecule has 1 aromatic carbocycles. The van der Waals surface area contributed by atoms with Crippen LogP contribution in [0, 0.1) is 5.82 Å². The highest BCUT2D eigenvalue weighted by Crippen LogP contribution is 2.36. The van der Waals surface area contributed by atoms with E-state index in [1.165, 1.54) is 31.7 Å². The molecule has 0 saturated heterocycles. The van der Waals surface area contributed by atoms with Crippen LogP contribution < -0.4 is 10.6 Å². The Bertz CT molecular complexity index is 942. The molecule has 2 aromatic heterocycles. The third-order valence-corrected chi connectivity index (χ3v) is 5.15. The molecule has 0 aliphatic heterocycles. The van der Waals surface area contributed by atoms with Crippen molar-refractivity contribution in [2.24, 2.45) is 0 Å². The van der Waals surface area contributed by atoms with Crippen molar-refractivity contribution in [1.29, 1.82) is 0 Å². The number of anilines is 3. The summed E-state index contributed by atoms with van der Waals surface area (Å²) in [7, 11) is 0. The van der Waals surface area contributed by atoms with E-state index >= 15 is 0 Å². The standard InChI is InChI=1S/C19H21FN6/c20-14-7-3-4-8-15(14)23-19-24-16-11-21-18(22-12-9-10-12)25-17(16)26(19)13-5-1-2-6-13/h3-4,7-8,11-13H,1-2,5-6,9-10H2,(H,23,24)(H,21,22,25). The Balaban J connectivity index is 1.59. The Labute approximate surface area is 150 Å². The highest BCUT2D eigenvalue weighted by molar-refractivity contribution is 5.76. The molecule has 3 aromatic rings. The molecular formula is C19H21FN6. The fraction of sp³-hybridized carbons (Fsp3) is 0.421.